The van der Waals surface area contributed by atoms with Gasteiger partial charge in [0, 0.05) is 112 Å². The minimum Gasteiger partial charge on any atom is -0.354 e. The molecule has 3 aromatic rings. The molecule has 0 spiro atoms. The fourth-order valence-electron chi connectivity index (χ4n) is 5.97. The zero-order chi connectivity index (χ0) is 32.5. The van der Waals surface area contributed by atoms with Gasteiger partial charge >= 0.3 is 0 Å². The second-order valence-electron chi connectivity index (χ2n) is 11.8. The summed E-state index contributed by atoms with van der Waals surface area (Å²) in [6, 6.07) is 13.4. The van der Waals surface area contributed by atoms with E-state index in [1.807, 2.05) is 71.5 Å². The van der Waals surface area contributed by atoms with Crippen LogP contribution >= 0.6 is 27.5 Å². The van der Waals surface area contributed by atoms with E-state index in [0.29, 0.717) is 36.8 Å². The Morgan fingerprint density at radius 2 is 1.41 bits per heavy atom. The molecule has 246 valence electrons. The maximum atomic E-state index is 13.5. The number of nitrogens with one attached hydrogen (secondary N) is 3. The van der Waals surface area contributed by atoms with Gasteiger partial charge in [-0.3, -0.25) is 24.2 Å². The lowest BCUT2D eigenvalue weighted by molar-refractivity contribution is -0.138. The number of likely N-dealkylation sites (N-methyl/N-ethyl adjacent to an activating group) is 1. The number of carbonyl (C=O) groups is 3. The van der Waals surface area contributed by atoms with E-state index in [9.17, 15) is 14.4 Å². The van der Waals surface area contributed by atoms with Crippen LogP contribution in [-0.4, -0.2) is 128 Å². The highest BCUT2D eigenvalue weighted by molar-refractivity contribution is 9.10. The van der Waals surface area contributed by atoms with Crippen molar-refractivity contribution in [3.8, 4) is 0 Å². The number of aromatic amines is 1. The number of hydrogen-bond acceptors (Lipinski definition) is 6. The zero-order valence-corrected chi connectivity index (χ0v) is 28.7. The largest absolute Gasteiger partial charge is 0.354 e. The molecular weight excluding hydrogens is 670 g/mol. The van der Waals surface area contributed by atoms with Crippen LogP contribution in [0.3, 0.4) is 0 Å². The molecular formula is C34H43BrClN7O3. The van der Waals surface area contributed by atoms with Gasteiger partial charge in [0.25, 0.3) is 5.91 Å². The lowest BCUT2D eigenvalue weighted by Gasteiger charge is -2.36. The fraction of sp³-hybridized carbons (Fsp3) is 0.441. The van der Waals surface area contributed by atoms with Crippen molar-refractivity contribution in [2.45, 2.75) is 12.8 Å². The Labute approximate surface area is 284 Å². The van der Waals surface area contributed by atoms with Gasteiger partial charge in [0.2, 0.25) is 11.8 Å². The summed E-state index contributed by atoms with van der Waals surface area (Å²) in [6.07, 6.45) is 4.40. The standard InChI is InChI=1S/C34H43BrClN7O3/c1-37-12-14-40-16-20-42(21-17-40)31(44)10-11-32(45)43-22-18-41(19-23-43)15-13-38-34(46)33-28-8-5-26(35)24-30(28)39-29(33)9-4-25-2-6-27(36)7-3-25/h2-9,24,37,39H,10-23H2,1H3,(H,38,46)/b9-4+. The van der Waals surface area contributed by atoms with Crippen LogP contribution in [0.25, 0.3) is 23.1 Å². The van der Waals surface area contributed by atoms with Crippen LogP contribution in [0.5, 0.6) is 0 Å². The molecule has 3 heterocycles. The Kier molecular flexibility index (Phi) is 12.3. The van der Waals surface area contributed by atoms with Crippen LogP contribution in [0, 0.1) is 0 Å². The number of carbonyl (C=O) groups excluding carboxylic acids is 3. The first kappa shape index (κ1) is 34.1. The van der Waals surface area contributed by atoms with Crippen molar-refractivity contribution in [2.24, 2.45) is 0 Å². The number of piperazine rings is 2. The zero-order valence-electron chi connectivity index (χ0n) is 26.4. The van der Waals surface area contributed by atoms with Gasteiger partial charge in [-0.25, -0.2) is 0 Å². The molecule has 3 amide bonds. The molecule has 1 aromatic heterocycles. The Hall–Kier alpha value is -3.22. The van der Waals surface area contributed by atoms with Crippen molar-refractivity contribution >= 4 is 68.3 Å². The van der Waals surface area contributed by atoms with E-state index in [0.717, 1.165) is 79.0 Å². The van der Waals surface area contributed by atoms with Gasteiger partial charge < -0.3 is 25.4 Å². The molecule has 0 atom stereocenters. The Balaban J connectivity index is 1.06. The van der Waals surface area contributed by atoms with Gasteiger partial charge in [-0.15, -0.1) is 0 Å². The SMILES string of the molecule is CNCCN1CCN(C(=O)CCC(=O)N2CCN(CCNC(=O)c3c(/C=C/c4ccc(Cl)cc4)[nH]c4cc(Br)ccc34)CC2)CC1. The Morgan fingerprint density at radius 1 is 0.826 bits per heavy atom. The van der Waals surface area contributed by atoms with Gasteiger partial charge in [-0.2, -0.15) is 0 Å². The molecule has 2 saturated heterocycles. The lowest BCUT2D eigenvalue weighted by Crippen LogP contribution is -2.51. The first-order chi connectivity index (χ1) is 22.3. The number of nitrogens with zero attached hydrogens (tertiary/aromatic N) is 4. The summed E-state index contributed by atoms with van der Waals surface area (Å²) in [4.78, 5) is 50.8. The molecule has 2 aliphatic rings. The van der Waals surface area contributed by atoms with Crippen LogP contribution < -0.4 is 10.6 Å². The summed E-state index contributed by atoms with van der Waals surface area (Å²) in [6.45, 7) is 9.06. The molecule has 46 heavy (non-hydrogen) atoms. The van der Waals surface area contributed by atoms with Crippen LogP contribution in [0.15, 0.2) is 46.9 Å². The van der Waals surface area contributed by atoms with Crippen molar-refractivity contribution in [3.05, 3.63) is 68.8 Å². The lowest BCUT2D eigenvalue weighted by atomic mass is 10.1. The third-order valence-corrected chi connectivity index (χ3v) is 9.47. The van der Waals surface area contributed by atoms with E-state index in [-0.39, 0.29) is 30.6 Å². The number of benzene rings is 2. The first-order valence-corrected chi connectivity index (χ1v) is 17.2. The number of hydrogen-bond donors (Lipinski definition) is 3. The molecule has 0 saturated carbocycles. The minimum absolute atomic E-state index is 0.0408. The molecule has 2 aliphatic heterocycles. The smallest absolute Gasteiger partial charge is 0.254 e. The molecule has 0 radical (unpaired) electrons. The minimum atomic E-state index is -0.137. The Morgan fingerprint density at radius 3 is 2.00 bits per heavy atom. The maximum Gasteiger partial charge on any atom is 0.254 e. The summed E-state index contributed by atoms with van der Waals surface area (Å²) in [7, 11) is 1.95. The molecule has 10 nitrogen and oxygen atoms in total. The van der Waals surface area contributed by atoms with Crippen LogP contribution in [0.4, 0.5) is 0 Å². The molecule has 0 unspecified atom stereocenters. The van der Waals surface area contributed by atoms with Crippen molar-refractivity contribution in [1.29, 1.82) is 0 Å². The molecule has 0 aliphatic carbocycles. The number of H-pyrrole nitrogens is 1. The third-order valence-electron chi connectivity index (χ3n) is 8.72. The van der Waals surface area contributed by atoms with Gasteiger partial charge in [-0.1, -0.05) is 51.8 Å². The predicted molar refractivity (Wildman–Crippen MR) is 188 cm³/mol. The predicted octanol–water partition coefficient (Wildman–Crippen LogP) is 3.77. The Bertz CT molecular complexity index is 1530. The van der Waals surface area contributed by atoms with Crippen LogP contribution in [0.1, 0.15) is 34.5 Å². The second-order valence-corrected chi connectivity index (χ2v) is 13.1. The number of fused-ring (bicyclic) bond motifs is 1. The van der Waals surface area contributed by atoms with Gasteiger partial charge in [-0.05, 0) is 43.0 Å². The van der Waals surface area contributed by atoms with Crippen LogP contribution in [0.2, 0.25) is 5.02 Å². The molecule has 12 heteroatoms. The summed E-state index contributed by atoms with van der Waals surface area (Å²) in [5.74, 6) is -0.0243. The normalized spacial score (nSPS) is 16.4. The van der Waals surface area contributed by atoms with Gasteiger partial charge in [0.1, 0.15) is 0 Å². The van der Waals surface area contributed by atoms with E-state index in [4.69, 9.17) is 11.6 Å². The summed E-state index contributed by atoms with van der Waals surface area (Å²) < 4.78 is 0.931. The number of aromatic nitrogens is 1. The van der Waals surface area contributed by atoms with E-state index >= 15 is 0 Å². The average Bonchev–Trinajstić information content (AvgIpc) is 3.43. The van der Waals surface area contributed by atoms with E-state index in [1.165, 1.54) is 0 Å². The summed E-state index contributed by atoms with van der Waals surface area (Å²) in [5, 5.41) is 7.79. The summed E-state index contributed by atoms with van der Waals surface area (Å²) >= 11 is 9.55. The number of rotatable bonds is 12. The average molecular weight is 713 g/mol. The van der Waals surface area contributed by atoms with Crippen molar-refractivity contribution in [3.63, 3.8) is 0 Å². The highest BCUT2D eigenvalue weighted by atomic mass is 79.9. The molecule has 0 bridgehead atoms. The van der Waals surface area contributed by atoms with Crippen molar-refractivity contribution < 1.29 is 14.4 Å². The van der Waals surface area contributed by atoms with Gasteiger partial charge in [0.05, 0.1) is 11.3 Å². The molecule has 5 rings (SSSR count). The number of halogens is 2. The van der Waals surface area contributed by atoms with E-state index in [1.54, 1.807) is 0 Å². The quantitative estimate of drug-likeness (QED) is 0.264. The molecule has 2 aromatic carbocycles. The van der Waals surface area contributed by atoms with Crippen molar-refractivity contribution in [1.82, 2.24) is 35.2 Å². The molecule has 3 N–H and O–H groups in total. The van der Waals surface area contributed by atoms with Crippen molar-refractivity contribution in [2.75, 3.05) is 85.6 Å². The third kappa shape index (κ3) is 9.19. The first-order valence-electron chi connectivity index (χ1n) is 16.0. The maximum absolute atomic E-state index is 13.5. The number of amides is 3. The van der Waals surface area contributed by atoms with E-state index < -0.39 is 0 Å². The highest BCUT2D eigenvalue weighted by Crippen LogP contribution is 2.27. The van der Waals surface area contributed by atoms with E-state index in [2.05, 4.69) is 41.3 Å². The molecule has 2 fully saturated rings. The highest BCUT2D eigenvalue weighted by Gasteiger charge is 2.25. The summed E-state index contributed by atoms with van der Waals surface area (Å²) in [5.41, 5.74) is 3.20. The fourth-order valence-corrected chi connectivity index (χ4v) is 6.46. The second kappa shape index (κ2) is 16.6. The monoisotopic (exact) mass is 711 g/mol. The topological polar surface area (TPSA) is 104 Å². The van der Waals surface area contributed by atoms with Crippen LogP contribution in [-0.2, 0) is 9.59 Å². The van der Waals surface area contributed by atoms with Gasteiger partial charge in [0.15, 0.2) is 0 Å².